The molecule has 1 aromatic rings. The molecule has 0 spiro atoms. The summed E-state index contributed by atoms with van der Waals surface area (Å²) in [4.78, 5) is 0. The predicted molar refractivity (Wildman–Crippen MR) is 88.5 cm³/mol. The van der Waals surface area contributed by atoms with E-state index >= 15 is 0 Å². The van der Waals surface area contributed by atoms with Crippen molar-refractivity contribution in [3.05, 3.63) is 48.6 Å². The Bertz CT molecular complexity index is 654. The average molecular weight is 430 g/mol. The number of halogens is 3. The SMILES string of the molecule is C=CCC(C([Se]C)=[N+](C)C)c1ccccc1.O=S(=O)([O-])C(F)(F)F. The van der Waals surface area contributed by atoms with Gasteiger partial charge in [-0.1, -0.05) is 0 Å². The summed E-state index contributed by atoms with van der Waals surface area (Å²) in [5, 5.41) is 0. The van der Waals surface area contributed by atoms with Crippen LogP contribution in [-0.4, -0.2) is 56.7 Å². The van der Waals surface area contributed by atoms with Crippen molar-refractivity contribution < 1.29 is 30.7 Å². The number of nitrogens with zero attached hydrogens (tertiary/aromatic N) is 1. The third kappa shape index (κ3) is 7.61. The zero-order chi connectivity index (χ0) is 19.0. The first kappa shape index (κ1) is 22.8. The Balaban J connectivity index is 0.000000561. The van der Waals surface area contributed by atoms with Crippen molar-refractivity contribution in [3.63, 3.8) is 0 Å². The topological polar surface area (TPSA) is 60.2 Å². The largest absolute Gasteiger partial charge is 0.741 e. The zero-order valence-corrected chi connectivity index (χ0v) is 16.1. The van der Waals surface area contributed by atoms with E-state index in [1.165, 1.54) is 10.2 Å². The molecule has 0 radical (unpaired) electrons. The van der Waals surface area contributed by atoms with E-state index in [0.717, 1.165) is 6.42 Å². The Labute approximate surface area is 147 Å². The van der Waals surface area contributed by atoms with Crippen LogP contribution in [0, 0.1) is 0 Å². The quantitative estimate of drug-likeness (QED) is 0.180. The second kappa shape index (κ2) is 9.98. The van der Waals surface area contributed by atoms with Crippen molar-refractivity contribution in [1.82, 2.24) is 0 Å². The molecule has 0 fully saturated rings. The monoisotopic (exact) mass is 431 g/mol. The van der Waals surface area contributed by atoms with E-state index in [2.05, 4.69) is 61.4 Å². The van der Waals surface area contributed by atoms with Crippen molar-refractivity contribution >= 4 is 29.7 Å². The first-order valence-electron chi connectivity index (χ1n) is 6.71. The molecule has 0 aliphatic rings. The maximum Gasteiger partial charge on any atom is 0.485 e. The van der Waals surface area contributed by atoms with Crippen molar-refractivity contribution in [3.8, 4) is 0 Å². The summed E-state index contributed by atoms with van der Waals surface area (Å²) < 4.78 is 62.7. The van der Waals surface area contributed by atoms with E-state index in [1.54, 1.807) is 0 Å². The van der Waals surface area contributed by atoms with E-state index in [0.29, 0.717) is 20.9 Å². The molecule has 1 atom stereocenters. The van der Waals surface area contributed by atoms with Crippen LogP contribution in [0.25, 0.3) is 0 Å². The molecule has 0 aromatic heterocycles. The molecule has 0 aliphatic carbocycles. The van der Waals surface area contributed by atoms with Crippen molar-refractivity contribution in [1.29, 1.82) is 0 Å². The minimum absolute atomic E-state index is 0.499. The molecule has 1 aromatic carbocycles. The van der Waals surface area contributed by atoms with Crippen LogP contribution in [0.5, 0.6) is 0 Å². The molecule has 4 nitrogen and oxygen atoms in total. The van der Waals surface area contributed by atoms with Crippen LogP contribution in [0.3, 0.4) is 0 Å². The molecule has 0 N–H and O–H groups in total. The third-order valence-corrected chi connectivity index (χ3v) is 5.64. The van der Waals surface area contributed by atoms with E-state index in [4.69, 9.17) is 13.0 Å². The molecule has 24 heavy (non-hydrogen) atoms. The van der Waals surface area contributed by atoms with E-state index in [9.17, 15) is 13.2 Å². The Morgan fingerprint density at radius 3 is 2.08 bits per heavy atom. The molecular weight excluding hydrogens is 410 g/mol. The van der Waals surface area contributed by atoms with Crippen LogP contribution < -0.4 is 0 Å². The van der Waals surface area contributed by atoms with Crippen LogP contribution >= 0.6 is 0 Å². The van der Waals surface area contributed by atoms with Crippen LogP contribution in [0.1, 0.15) is 17.9 Å². The number of benzene rings is 1. The smallest absolute Gasteiger partial charge is 0.485 e. The van der Waals surface area contributed by atoms with E-state index in [-0.39, 0.29) is 0 Å². The number of alkyl halides is 3. The van der Waals surface area contributed by atoms with Gasteiger partial charge in [-0.2, -0.15) is 13.2 Å². The minimum atomic E-state index is -6.09. The third-order valence-electron chi connectivity index (χ3n) is 2.84. The average Bonchev–Trinajstić information content (AvgIpc) is 2.46. The second-order valence-electron chi connectivity index (χ2n) is 4.82. The van der Waals surface area contributed by atoms with Gasteiger partial charge in [0.25, 0.3) is 0 Å². The van der Waals surface area contributed by atoms with Gasteiger partial charge in [-0.15, -0.1) is 0 Å². The summed E-state index contributed by atoms with van der Waals surface area (Å²) in [6.45, 7) is 3.88. The molecule has 0 saturated heterocycles. The summed E-state index contributed by atoms with van der Waals surface area (Å²) in [6, 6.07) is 10.7. The maximum atomic E-state index is 10.7. The Kier molecular flexibility index (Phi) is 9.50. The van der Waals surface area contributed by atoms with Gasteiger partial charge in [0.1, 0.15) is 0 Å². The van der Waals surface area contributed by atoms with Crippen LogP contribution in [0.2, 0.25) is 5.82 Å². The molecule has 1 rings (SSSR count). The van der Waals surface area contributed by atoms with Crippen molar-refractivity contribution in [2.24, 2.45) is 0 Å². The summed E-state index contributed by atoms with van der Waals surface area (Å²) in [5.74, 6) is 2.78. The van der Waals surface area contributed by atoms with Gasteiger partial charge < -0.3 is 4.55 Å². The van der Waals surface area contributed by atoms with Gasteiger partial charge in [0.05, 0.1) is 0 Å². The molecule has 0 bridgehead atoms. The maximum absolute atomic E-state index is 10.7. The Hall–Kier alpha value is -1.15. The summed E-state index contributed by atoms with van der Waals surface area (Å²) in [6.07, 6.45) is 3.04. The van der Waals surface area contributed by atoms with Gasteiger partial charge >= 0.3 is 110 Å². The van der Waals surface area contributed by atoms with Gasteiger partial charge in [0.2, 0.25) is 0 Å². The fraction of sp³-hybridized carbons (Fsp3) is 0.400. The van der Waals surface area contributed by atoms with Crippen LogP contribution in [0.4, 0.5) is 13.2 Å². The van der Waals surface area contributed by atoms with Gasteiger partial charge in [-0.25, -0.2) is 8.42 Å². The summed E-state index contributed by atoms with van der Waals surface area (Å²) in [7, 11) is -1.81. The zero-order valence-electron chi connectivity index (χ0n) is 13.6. The summed E-state index contributed by atoms with van der Waals surface area (Å²) in [5.41, 5.74) is -4.25. The molecule has 0 aliphatic heterocycles. The van der Waals surface area contributed by atoms with Gasteiger partial charge in [-0.3, -0.25) is 0 Å². The summed E-state index contributed by atoms with van der Waals surface area (Å²) >= 11 is 0.535. The van der Waals surface area contributed by atoms with Crippen LogP contribution in [0.15, 0.2) is 43.0 Å². The van der Waals surface area contributed by atoms with Gasteiger partial charge in [0.15, 0.2) is 10.1 Å². The second-order valence-corrected chi connectivity index (χ2v) is 7.93. The first-order valence-corrected chi connectivity index (χ1v) is 10.7. The fourth-order valence-corrected chi connectivity index (χ4v) is 3.72. The van der Waals surface area contributed by atoms with Gasteiger partial charge in [-0.05, 0) is 0 Å². The Morgan fingerprint density at radius 1 is 1.33 bits per heavy atom. The predicted octanol–water partition coefficient (Wildman–Crippen LogP) is 2.82. The number of rotatable bonds is 5. The fourth-order valence-electron chi connectivity index (χ4n) is 1.87. The molecule has 136 valence electrons. The standard InChI is InChI=1S/C14H20NSe.CHF3O3S/c1-5-9-13(14(16-4)15(2)3)12-10-7-6-8-11-12;2-1(3,4)8(5,6)7/h5-8,10-11,13H,1,9H2,2-4H3;(H,5,6,7)/q+1;/p-1. The number of allylic oxidation sites excluding steroid dienone is 1. The number of hydrogen-bond donors (Lipinski definition) is 0. The molecule has 0 amide bonds. The van der Waals surface area contributed by atoms with Crippen molar-refractivity contribution in [2.75, 3.05) is 14.1 Å². The Morgan fingerprint density at radius 2 is 1.79 bits per heavy atom. The normalized spacial score (nSPS) is 12.6. The van der Waals surface area contributed by atoms with E-state index in [1.807, 2.05) is 6.08 Å². The van der Waals surface area contributed by atoms with Crippen LogP contribution in [-0.2, 0) is 10.1 Å². The van der Waals surface area contributed by atoms with Gasteiger partial charge in [0, 0.05) is 0 Å². The molecular formula is C15H20F3NO3SSe. The molecule has 9 heteroatoms. The number of hydrogen-bond acceptors (Lipinski definition) is 3. The minimum Gasteiger partial charge on any atom is -0.741 e. The first-order chi connectivity index (χ1) is 11.0. The molecule has 0 saturated carbocycles. The molecule has 0 heterocycles. The molecule has 1 unspecified atom stereocenters. The van der Waals surface area contributed by atoms with Crippen molar-refractivity contribution in [2.45, 2.75) is 23.7 Å². The van der Waals surface area contributed by atoms with E-state index < -0.39 is 15.6 Å².